The fourth-order valence-corrected chi connectivity index (χ4v) is 3.45. The van der Waals surface area contributed by atoms with Crippen LogP contribution in [0.4, 0.5) is 4.39 Å². The van der Waals surface area contributed by atoms with Crippen LogP contribution >= 0.6 is 0 Å². The SMILES string of the molecule is CC/C=C(/C=C(/C(=O)O)c1cc(F)ccc1C)c1ccc(-c2ccc(COC)cc2)cn1. The first kappa shape index (κ1) is 23.1. The predicted molar refractivity (Wildman–Crippen MR) is 125 cm³/mol. The van der Waals surface area contributed by atoms with E-state index in [9.17, 15) is 14.3 Å². The summed E-state index contributed by atoms with van der Waals surface area (Å²) in [5, 5.41) is 9.81. The van der Waals surface area contributed by atoms with Crippen LogP contribution in [0.3, 0.4) is 0 Å². The number of benzene rings is 2. The van der Waals surface area contributed by atoms with Gasteiger partial charge in [0.1, 0.15) is 5.82 Å². The van der Waals surface area contributed by atoms with E-state index < -0.39 is 11.8 Å². The molecule has 0 saturated carbocycles. The third-order valence-electron chi connectivity index (χ3n) is 5.10. The van der Waals surface area contributed by atoms with E-state index in [1.807, 2.05) is 49.4 Å². The molecule has 1 aromatic heterocycles. The summed E-state index contributed by atoms with van der Waals surface area (Å²) in [6, 6.07) is 16.0. The van der Waals surface area contributed by atoms with Crippen LogP contribution in [0, 0.1) is 12.7 Å². The standard InChI is InChI=1S/C27H26FNO3/c1-4-5-21(14-25(27(30)31)24-15-23(28)12-6-18(24)2)26-13-11-22(16-29-26)20-9-7-19(8-10-20)17-32-3/h5-16H,4,17H2,1-3H3,(H,30,31)/b21-5-,25-14+. The second kappa shape index (κ2) is 10.6. The van der Waals surface area contributed by atoms with E-state index in [0.29, 0.717) is 35.4 Å². The second-order valence-electron chi connectivity index (χ2n) is 7.45. The molecule has 32 heavy (non-hydrogen) atoms. The Morgan fingerprint density at radius 2 is 1.81 bits per heavy atom. The average molecular weight is 432 g/mol. The first-order chi connectivity index (χ1) is 15.4. The van der Waals surface area contributed by atoms with E-state index in [2.05, 4.69) is 4.98 Å². The van der Waals surface area contributed by atoms with Gasteiger partial charge in [-0.05, 0) is 65.4 Å². The Morgan fingerprint density at radius 1 is 1.09 bits per heavy atom. The molecule has 0 aliphatic carbocycles. The summed E-state index contributed by atoms with van der Waals surface area (Å²) < 4.78 is 18.9. The monoisotopic (exact) mass is 431 g/mol. The molecule has 1 N–H and O–H groups in total. The van der Waals surface area contributed by atoms with Gasteiger partial charge in [0, 0.05) is 18.9 Å². The first-order valence-electron chi connectivity index (χ1n) is 10.4. The number of carbonyl (C=O) groups is 1. The van der Waals surface area contributed by atoms with Crippen LogP contribution < -0.4 is 0 Å². The van der Waals surface area contributed by atoms with E-state index in [1.165, 1.54) is 12.1 Å². The van der Waals surface area contributed by atoms with Crippen LogP contribution in [0.25, 0.3) is 22.3 Å². The molecule has 2 aromatic carbocycles. The van der Waals surface area contributed by atoms with E-state index in [4.69, 9.17) is 4.74 Å². The number of aromatic nitrogens is 1. The highest BCUT2D eigenvalue weighted by atomic mass is 19.1. The van der Waals surface area contributed by atoms with Crippen LogP contribution in [0.1, 0.15) is 35.7 Å². The summed E-state index contributed by atoms with van der Waals surface area (Å²) in [7, 11) is 1.66. The Hall–Kier alpha value is -3.57. The molecular formula is C27H26FNO3. The molecule has 0 aliphatic rings. The van der Waals surface area contributed by atoms with Gasteiger partial charge in [-0.15, -0.1) is 0 Å². The summed E-state index contributed by atoms with van der Waals surface area (Å²) in [6.07, 6.45) is 5.95. The quantitative estimate of drug-likeness (QED) is 0.336. The van der Waals surface area contributed by atoms with Crippen LogP contribution in [-0.4, -0.2) is 23.2 Å². The second-order valence-corrected chi connectivity index (χ2v) is 7.45. The minimum Gasteiger partial charge on any atom is -0.478 e. The van der Waals surface area contributed by atoms with Crippen LogP contribution in [-0.2, 0) is 16.1 Å². The van der Waals surface area contributed by atoms with E-state index in [1.54, 1.807) is 32.4 Å². The minimum absolute atomic E-state index is 0.0290. The third-order valence-corrected chi connectivity index (χ3v) is 5.10. The Kier molecular flexibility index (Phi) is 7.68. The molecule has 0 aliphatic heterocycles. The highest BCUT2D eigenvalue weighted by Crippen LogP contribution is 2.27. The van der Waals surface area contributed by atoms with Gasteiger partial charge in [0.2, 0.25) is 0 Å². The van der Waals surface area contributed by atoms with Gasteiger partial charge in [-0.2, -0.15) is 0 Å². The molecule has 0 unspecified atom stereocenters. The lowest BCUT2D eigenvalue weighted by atomic mass is 9.96. The van der Waals surface area contributed by atoms with E-state index in [0.717, 1.165) is 16.7 Å². The third kappa shape index (κ3) is 5.56. The summed E-state index contributed by atoms with van der Waals surface area (Å²) in [5.74, 6) is -1.59. The van der Waals surface area contributed by atoms with Crippen molar-refractivity contribution in [1.29, 1.82) is 0 Å². The van der Waals surface area contributed by atoms with Crippen molar-refractivity contribution in [1.82, 2.24) is 4.98 Å². The van der Waals surface area contributed by atoms with Gasteiger partial charge in [0.05, 0.1) is 17.9 Å². The Bertz CT molecular complexity index is 1150. The number of methoxy groups -OCH3 is 1. The average Bonchev–Trinajstić information content (AvgIpc) is 2.79. The van der Waals surface area contributed by atoms with Gasteiger partial charge < -0.3 is 9.84 Å². The lowest BCUT2D eigenvalue weighted by molar-refractivity contribution is -0.130. The Balaban J connectivity index is 1.96. The molecular weight excluding hydrogens is 405 g/mol. The van der Waals surface area contributed by atoms with Gasteiger partial charge in [-0.1, -0.05) is 49.4 Å². The zero-order chi connectivity index (χ0) is 23.1. The smallest absolute Gasteiger partial charge is 0.336 e. The molecule has 1 heterocycles. The minimum atomic E-state index is -1.12. The first-order valence-corrected chi connectivity index (χ1v) is 10.4. The van der Waals surface area contributed by atoms with Gasteiger partial charge in [-0.25, -0.2) is 9.18 Å². The maximum absolute atomic E-state index is 13.8. The number of ether oxygens (including phenoxy) is 1. The van der Waals surface area contributed by atoms with Gasteiger partial charge in [0.15, 0.2) is 0 Å². The number of aryl methyl sites for hydroxylation is 1. The molecule has 0 atom stereocenters. The van der Waals surface area contributed by atoms with Gasteiger partial charge >= 0.3 is 5.97 Å². The number of aliphatic carboxylic acids is 1. The van der Waals surface area contributed by atoms with Crippen molar-refractivity contribution in [2.75, 3.05) is 7.11 Å². The van der Waals surface area contributed by atoms with Crippen molar-refractivity contribution in [2.45, 2.75) is 26.9 Å². The molecule has 164 valence electrons. The van der Waals surface area contributed by atoms with Crippen molar-refractivity contribution in [3.05, 3.63) is 101 Å². The number of rotatable bonds is 8. The molecule has 5 heteroatoms. The lowest BCUT2D eigenvalue weighted by Gasteiger charge is -2.10. The Morgan fingerprint density at radius 3 is 2.41 bits per heavy atom. The maximum Gasteiger partial charge on any atom is 0.336 e. The molecule has 0 fully saturated rings. The number of nitrogens with zero attached hydrogens (tertiary/aromatic N) is 1. The number of carboxylic acid groups (broad SMARTS) is 1. The predicted octanol–water partition coefficient (Wildman–Crippen LogP) is 6.30. The summed E-state index contributed by atoms with van der Waals surface area (Å²) in [6.45, 7) is 4.29. The number of hydrogen-bond acceptors (Lipinski definition) is 3. The van der Waals surface area contributed by atoms with Crippen LogP contribution in [0.5, 0.6) is 0 Å². The Labute approximate surface area is 187 Å². The maximum atomic E-state index is 13.8. The molecule has 0 amide bonds. The number of allylic oxidation sites excluding steroid dienone is 3. The van der Waals surface area contributed by atoms with E-state index >= 15 is 0 Å². The van der Waals surface area contributed by atoms with Crippen molar-refractivity contribution in [3.8, 4) is 11.1 Å². The lowest BCUT2D eigenvalue weighted by Crippen LogP contribution is -2.03. The van der Waals surface area contributed by atoms with Crippen LogP contribution in [0.2, 0.25) is 0 Å². The molecule has 0 radical (unpaired) electrons. The molecule has 3 rings (SSSR count). The van der Waals surface area contributed by atoms with Crippen LogP contribution in [0.15, 0.2) is 72.9 Å². The zero-order valence-corrected chi connectivity index (χ0v) is 18.4. The number of pyridine rings is 1. The topological polar surface area (TPSA) is 59.4 Å². The molecule has 0 saturated heterocycles. The number of halogens is 1. The van der Waals surface area contributed by atoms with Gasteiger partial charge in [0.25, 0.3) is 0 Å². The molecule has 3 aromatic rings. The summed E-state index contributed by atoms with van der Waals surface area (Å²) in [4.78, 5) is 16.6. The van der Waals surface area contributed by atoms with Gasteiger partial charge in [-0.3, -0.25) is 4.98 Å². The summed E-state index contributed by atoms with van der Waals surface area (Å²) >= 11 is 0. The van der Waals surface area contributed by atoms with Crippen molar-refractivity contribution < 1.29 is 19.0 Å². The molecule has 4 nitrogen and oxygen atoms in total. The molecule has 0 spiro atoms. The normalized spacial score (nSPS) is 12.1. The van der Waals surface area contributed by atoms with E-state index in [-0.39, 0.29) is 5.57 Å². The zero-order valence-electron chi connectivity index (χ0n) is 18.4. The van der Waals surface area contributed by atoms with Crippen molar-refractivity contribution >= 4 is 17.1 Å². The number of carboxylic acids is 1. The fourth-order valence-electron chi connectivity index (χ4n) is 3.45. The highest BCUT2D eigenvalue weighted by molar-refractivity contribution is 6.18. The van der Waals surface area contributed by atoms with Crippen molar-refractivity contribution in [2.24, 2.45) is 0 Å². The molecule has 0 bridgehead atoms. The fraction of sp³-hybridized carbons (Fsp3) is 0.185. The number of hydrogen-bond donors (Lipinski definition) is 1. The van der Waals surface area contributed by atoms with Crippen molar-refractivity contribution in [3.63, 3.8) is 0 Å². The summed E-state index contributed by atoms with van der Waals surface area (Å²) in [5.41, 5.74) is 5.48. The highest BCUT2D eigenvalue weighted by Gasteiger charge is 2.15. The largest absolute Gasteiger partial charge is 0.478 e.